The predicted molar refractivity (Wildman–Crippen MR) is 140 cm³/mol. The lowest BCUT2D eigenvalue weighted by atomic mass is 10.1. The van der Waals surface area contributed by atoms with E-state index < -0.39 is 53.2 Å². The van der Waals surface area contributed by atoms with Gasteiger partial charge in [-0.3, -0.25) is 23.3 Å². The Balaban J connectivity index is 1.74. The van der Waals surface area contributed by atoms with Crippen LogP contribution in [0.15, 0.2) is 58.1 Å². The number of alkyl halides is 3. The normalized spacial score (nSPS) is 16.1. The summed E-state index contributed by atoms with van der Waals surface area (Å²) in [5.74, 6) is -1.54. The van der Waals surface area contributed by atoms with Gasteiger partial charge in [-0.1, -0.05) is 36.4 Å². The lowest BCUT2D eigenvalue weighted by Gasteiger charge is -2.32. The number of rotatable bonds is 6. The van der Waals surface area contributed by atoms with E-state index in [2.05, 4.69) is 4.98 Å². The first kappa shape index (κ1) is 27.3. The van der Waals surface area contributed by atoms with Crippen molar-refractivity contribution in [2.45, 2.75) is 38.1 Å². The molecule has 0 spiro atoms. The number of carbonyl (C=O) groups excluding carboxylic acids is 1. The fourth-order valence-electron chi connectivity index (χ4n) is 5.08. The Labute approximate surface area is 225 Å². The van der Waals surface area contributed by atoms with Crippen LogP contribution < -0.4 is 21.9 Å². The number of piperidine rings is 1. The zero-order valence-electron chi connectivity index (χ0n) is 21.5. The van der Waals surface area contributed by atoms with Gasteiger partial charge in [-0.25, -0.2) is 9.18 Å². The second kappa shape index (κ2) is 10.4. The van der Waals surface area contributed by atoms with E-state index in [0.717, 1.165) is 29.2 Å². The number of benzene rings is 2. The van der Waals surface area contributed by atoms with Gasteiger partial charge in [-0.05, 0) is 25.0 Å². The molecule has 0 radical (unpaired) electrons. The molecule has 4 aromatic rings. The monoisotopic (exact) mass is 558 g/mol. The molecule has 1 aliphatic heterocycles. The van der Waals surface area contributed by atoms with Gasteiger partial charge in [0.25, 0.3) is 5.56 Å². The van der Waals surface area contributed by atoms with Crippen molar-refractivity contribution in [3.8, 4) is 0 Å². The van der Waals surface area contributed by atoms with Crippen molar-refractivity contribution in [1.82, 2.24) is 18.7 Å². The molecule has 2 N–H and O–H groups in total. The second-order valence-corrected chi connectivity index (χ2v) is 9.80. The quantitative estimate of drug-likeness (QED) is 0.288. The number of nitrogens with zero attached hydrogens (tertiary/aromatic N) is 5. The molecule has 1 saturated heterocycles. The fraction of sp³-hybridized carbons (Fsp3) is 0.333. The number of hydrogen-bond acceptors (Lipinski definition) is 6. The minimum atomic E-state index is -4.86. The number of imidazole rings is 1. The highest BCUT2D eigenvalue weighted by Gasteiger charge is 2.36. The van der Waals surface area contributed by atoms with Gasteiger partial charge in [0, 0.05) is 37.3 Å². The van der Waals surface area contributed by atoms with Crippen LogP contribution in [0.25, 0.3) is 11.2 Å². The van der Waals surface area contributed by atoms with E-state index in [-0.39, 0.29) is 28.7 Å². The molecule has 40 heavy (non-hydrogen) atoms. The number of ketones is 1. The number of aromatic nitrogens is 4. The van der Waals surface area contributed by atoms with E-state index in [0.29, 0.717) is 24.1 Å². The van der Waals surface area contributed by atoms with Gasteiger partial charge in [-0.15, -0.1) is 0 Å². The molecule has 3 heterocycles. The first-order valence-corrected chi connectivity index (χ1v) is 12.6. The zero-order chi connectivity index (χ0) is 28.8. The zero-order valence-corrected chi connectivity index (χ0v) is 21.5. The van der Waals surface area contributed by atoms with Crippen LogP contribution in [-0.4, -0.2) is 43.6 Å². The van der Waals surface area contributed by atoms with Gasteiger partial charge < -0.3 is 10.6 Å². The summed E-state index contributed by atoms with van der Waals surface area (Å²) >= 11 is 0. The van der Waals surface area contributed by atoms with Crippen molar-refractivity contribution in [2.24, 2.45) is 12.8 Å². The maximum atomic E-state index is 14.9. The largest absolute Gasteiger partial charge is 0.416 e. The predicted octanol–water partition coefficient (Wildman–Crippen LogP) is 2.91. The Morgan fingerprint density at radius 2 is 1.80 bits per heavy atom. The number of halogens is 4. The van der Waals surface area contributed by atoms with Crippen molar-refractivity contribution >= 4 is 22.9 Å². The number of carbonyl (C=O) groups is 1. The number of fused-ring (bicyclic) bond motifs is 1. The van der Waals surface area contributed by atoms with Gasteiger partial charge in [0.2, 0.25) is 5.95 Å². The van der Waals surface area contributed by atoms with Crippen molar-refractivity contribution in [1.29, 1.82) is 0 Å². The highest BCUT2D eigenvalue weighted by atomic mass is 19.4. The Morgan fingerprint density at radius 1 is 1.07 bits per heavy atom. The summed E-state index contributed by atoms with van der Waals surface area (Å²) in [6.45, 7) is -0.566. The minimum absolute atomic E-state index is 0.0840. The van der Waals surface area contributed by atoms with Crippen LogP contribution in [0.5, 0.6) is 0 Å². The van der Waals surface area contributed by atoms with Gasteiger partial charge in [0.1, 0.15) is 5.82 Å². The van der Waals surface area contributed by atoms with Crippen LogP contribution in [0.3, 0.4) is 0 Å². The van der Waals surface area contributed by atoms with Crippen molar-refractivity contribution in [3.63, 3.8) is 0 Å². The first-order chi connectivity index (χ1) is 19.0. The third-order valence-electron chi connectivity index (χ3n) is 7.09. The molecule has 0 bridgehead atoms. The molecule has 0 aliphatic carbocycles. The van der Waals surface area contributed by atoms with Gasteiger partial charge in [0.05, 0.1) is 18.7 Å². The van der Waals surface area contributed by atoms with Crippen LogP contribution in [0.4, 0.5) is 23.5 Å². The Bertz CT molecular complexity index is 1710. The lowest BCUT2D eigenvalue weighted by Crippen LogP contribution is -2.44. The molecule has 1 aliphatic rings. The molecule has 0 saturated carbocycles. The van der Waals surface area contributed by atoms with E-state index >= 15 is 0 Å². The topological polar surface area (TPSA) is 108 Å². The van der Waals surface area contributed by atoms with Crippen LogP contribution in [-0.2, 0) is 26.3 Å². The summed E-state index contributed by atoms with van der Waals surface area (Å²) in [5.41, 5.74) is 2.46. The molecular weight excluding hydrogens is 532 g/mol. The van der Waals surface area contributed by atoms with Crippen LogP contribution in [0, 0.1) is 5.82 Å². The number of nitrogens with two attached hydrogens (primary N) is 1. The highest BCUT2D eigenvalue weighted by Crippen LogP contribution is 2.34. The Morgan fingerprint density at radius 3 is 2.48 bits per heavy atom. The molecule has 1 unspecified atom stereocenters. The number of Topliss-reactive ketones (excluding diaryl/α,β-unsaturated/α-hetero) is 1. The van der Waals surface area contributed by atoms with Gasteiger partial charge >= 0.3 is 11.9 Å². The van der Waals surface area contributed by atoms with Crippen molar-refractivity contribution in [3.05, 3.63) is 91.9 Å². The molecule has 2 aromatic heterocycles. The van der Waals surface area contributed by atoms with Gasteiger partial charge in [0.15, 0.2) is 16.9 Å². The number of hydrogen-bond donors (Lipinski definition) is 1. The van der Waals surface area contributed by atoms with Crippen molar-refractivity contribution in [2.75, 3.05) is 18.0 Å². The maximum Gasteiger partial charge on any atom is 0.416 e. The molecule has 1 fully saturated rings. The van der Waals surface area contributed by atoms with Crippen molar-refractivity contribution < 1.29 is 22.4 Å². The first-order valence-electron chi connectivity index (χ1n) is 12.6. The second-order valence-electron chi connectivity index (χ2n) is 9.80. The smallest absolute Gasteiger partial charge is 0.341 e. The number of anilines is 1. The SMILES string of the molecule is Cn1c(=O)n(CC(=O)c2ccccc2)c(=O)c2c1nc(N1CCCC(N)C1)n2Cc1c(F)cccc1C(F)(F)F. The average Bonchev–Trinajstić information content (AvgIpc) is 3.30. The molecule has 0 amide bonds. The van der Waals surface area contributed by atoms with Crippen LogP contribution in [0.2, 0.25) is 0 Å². The van der Waals surface area contributed by atoms with E-state index in [9.17, 15) is 31.9 Å². The summed E-state index contributed by atoms with van der Waals surface area (Å²) in [6, 6.07) is 10.4. The summed E-state index contributed by atoms with van der Waals surface area (Å²) < 4.78 is 59.5. The summed E-state index contributed by atoms with van der Waals surface area (Å²) in [4.78, 5) is 46.1. The van der Waals surface area contributed by atoms with Gasteiger partial charge in [-0.2, -0.15) is 18.2 Å². The standard InChI is InChI=1S/C27H26F4N6O3/c1-34-23-22(24(39)37(26(34)40)15-21(38)16-7-3-2-4-8-16)36(25(33-23)35-12-6-9-17(32)13-35)14-18-19(27(29,30)31)10-5-11-20(18)28/h2-5,7-8,10-11,17H,6,9,12-15,32H2,1H3. The third kappa shape index (κ3) is 4.92. The summed E-state index contributed by atoms with van der Waals surface area (Å²) in [5, 5.41) is 0. The molecule has 13 heteroatoms. The van der Waals surface area contributed by atoms with E-state index in [1.54, 1.807) is 23.1 Å². The molecule has 210 valence electrons. The third-order valence-corrected chi connectivity index (χ3v) is 7.09. The van der Waals surface area contributed by atoms with E-state index in [1.165, 1.54) is 23.7 Å². The Kier molecular flexibility index (Phi) is 7.08. The van der Waals surface area contributed by atoms with E-state index in [1.807, 2.05) is 0 Å². The lowest BCUT2D eigenvalue weighted by molar-refractivity contribution is -0.138. The van der Waals surface area contributed by atoms with E-state index in [4.69, 9.17) is 5.73 Å². The minimum Gasteiger partial charge on any atom is -0.341 e. The molecule has 2 aromatic carbocycles. The molecular formula is C27H26F4N6O3. The Hall–Kier alpha value is -4.26. The highest BCUT2D eigenvalue weighted by molar-refractivity contribution is 5.96. The summed E-state index contributed by atoms with van der Waals surface area (Å²) in [7, 11) is 1.35. The summed E-state index contributed by atoms with van der Waals surface area (Å²) in [6.07, 6.45) is -3.49. The molecule has 1 atom stereocenters. The molecule has 9 nitrogen and oxygen atoms in total. The average molecular weight is 559 g/mol. The van der Waals surface area contributed by atoms with Crippen LogP contribution >= 0.6 is 0 Å². The molecule has 5 rings (SSSR count). The maximum absolute atomic E-state index is 14.9. The number of aryl methyl sites for hydroxylation is 1. The fourth-order valence-corrected chi connectivity index (χ4v) is 5.08. The van der Waals surface area contributed by atoms with Crippen LogP contribution in [0.1, 0.15) is 34.3 Å².